The average Bonchev–Trinajstić information content (AvgIpc) is 3.06. The zero-order valence-corrected chi connectivity index (χ0v) is 17.4. The number of hydrogen-bond donors (Lipinski definition) is 2. The van der Waals surface area contributed by atoms with Crippen LogP contribution in [0.25, 0.3) is 16.7 Å². The minimum absolute atomic E-state index is 0.174. The average molecular weight is 418 g/mol. The van der Waals surface area contributed by atoms with Gasteiger partial charge in [-0.1, -0.05) is 6.07 Å². The maximum atomic E-state index is 13.8. The van der Waals surface area contributed by atoms with E-state index >= 15 is 0 Å². The SMILES string of the molecule is CCn1c(=O)c2cnc(Nc3ccc4c(c3)CCNC4)nc2n1-c1ccc(F)c(C)c1. The predicted molar refractivity (Wildman–Crippen MR) is 119 cm³/mol. The summed E-state index contributed by atoms with van der Waals surface area (Å²) in [5, 5.41) is 7.06. The van der Waals surface area contributed by atoms with Gasteiger partial charge in [0, 0.05) is 25.0 Å². The lowest BCUT2D eigenvalue weighted by atomic mass is 10.0. The van der Waals surface area contributed by atoms with Gasteiger partial charge < -0.3 is 10.6 Å². The number of halogens is 1. The van der Waals surface area contributed by atoms with Crippen LogP contribution in [0.4, 0.5) is 16.0 Å². The van der Waals surface area contributed by atoms with Crippen molar-refractivity contribution >= 4 is 22.7 Å². The molecule has 0 atom stereocenters. The third-order valence-corrected chi connectivity index (χ3v) is 5.71. The second-order valence-corrected chi connectivity index (χ2v) is 7.73. The van der Waals surface area contributed by atoms with Gasteiger partial charge in [0.25, 0.3) is 5.56 Å². The van der Waals surface area contributed by atoms with Crippen molar-refractivity contribution in [2.24, 2.45) is 0 Å². The van der Waals surface area contributed by atoms with Gasteiger partial charge in [-0.25, -0.2) is 18.7 Å². The van der Waals surface area contributed by atoms with Crippen LogP contribution in [0.1, 0.15) is 23.6 Å². The number of rotatable bonds is 4. The summed E-state index contributed by atoms with van der Waals surface area (Å²) >= 11 is 0. The molecule has 0 aliphatic carbocycles. The molecule has 0 saturated heterocycles. The predicted octanol–water partition coefficient (Wildman–Crippen LogP) is 3.44. The van der Waals surface area contributed by atoms with E-state index in [0.717, 1.165) is 25.2 Å². The smallest absolute Gasteiger partial charge is 0.278 e. The monoisotopic (exact) mass is 418 g/mol. The molecule has 7 nitrogen and oxygen atoms in total. The van der Waals surface area contributed by atoms with Crippen molar-refractivity contribution in [3.8, 4) is 5.69 Å². The minimum Gasteiger partial charge on any atom is -0.324 e. The van der Waals surface area contributed by atoms with Crippen LogP contribution in [0.5, 0.6) is 0 Å². The highest BCUT2D eigenvalue weighted by Gasteiger charge is 2.17. The van der Waals surface area contributed by atoms with Crippen molar-refractivity contribution in [3.63, 3.8) is 0 Å². The summed E-state index contributed by atoms with van der Waals surface area (Å²) in [5.74, 6) is 0.118. The molecule has 5 rings (SSSR count). The number of fused-ring (bicyclic) bond motifs is 2. The van der Waals surface area contributed by atoms with E-state index in [1.54, 1.807) is 34.6 Å². The Morgan fingerprint density at radius 2 is 2.06 bits per heavy atom. The van der Waals surface area contributed by atoms with Crippen LogP contribution in [0, 0.1) is 12.7 Å². The number of nitrogens with one attached hydrogen (secondary N) is 2. The first kappa shape index (κ1) is 19.4. The highest BCUT2D eigenvalue weighted by molar-refractivity contribution is 5.77. The molecule has 4 aromatic rings. The molecule has 0 unspecified atom stereocenters. The van der Waals surface area contributed by atoms with Crippen LogP contribution >= 0.6 is 0 Å². The highest BCUT2D eigenvalue weighted by Crippen LogP contribution is 2.23. The summed E-state index contributed by atoms with van der Waals surface area (Å²) in [6, 6.07) is 11.0. The third kappa shape index (κ3) is 3.38. The maximum Gasteiger partial charge on any atom is 0.278 e. The fraction of sp³-hybridized carbons (Fsp3) is 0.261. The first-order valence-electron chi connectivity index (χ1n) is 10.4. The van der Waals surface area contributed by atoms with Gasteiger partial charge in [0.2, 0.25) is 5.95 Å². The lowest BCUT2D eigenvalue weighted by Gasteiger charge is -2.18. The molecule has 3 heterocycles. The standard InChI is InChI=1S/C23H23FN6O/c1-3-29-22(31)19-13-26-23(27-17-5-4-16-12-25-9-8-15(16)11-17)28-21(19)30(29)18-6-7-20(24)14(2)10-18/h4-7,10-11,13,25H,3,8-9,12H2,1-2H3,(H,26,27,28). The summed E-state index contributed by atoms with van der Waals surface area (Å²) in [7, 11) is 0. The van der Waals surface area contributed by atoms with Gasteiger partial charge in [-0.05, 0) is 73.8 Å². The Morgan fingerprint density at radius 1 is 1.19 bits per heavy atom. The van der Waals surface area contributed by atoms with Crippen molar-refractivity contribution in [2.45, 2.75) is 33.4 Å². The van der Waals surface area contributed by atoms with Gasteiger partial charge in [-0.15, -0.1) is 0 Å². The zero-order valence-electron chi connectivity index (χ0n) is 17.4. The number of nitrogens with zero attached hydrogens (tertiary/aromatic N) is 4. The Kier molecular flexibility index (Phi) is 4.78. The molecular formula is C23H23FN6O. The van der Waals surface area contributed by atoms with Crippen LogP contribution in [0.15, 0.2) is 47.4 Å². The van der Waals surface area contributed by atoms with E-state index in [1.807, 2.05) is 13.0 Å². The van der Waals surface area contributed by atoms with E-state index in [0.29, 0.717) is 34.8 Å². The van der Waals surface area contributed by atoms with Crippen LogP contribution in [-0.2, 0) is 19.5 Å². The van der Waals surface area contributed by atoms with Crippen LogP contribution in [-0.4, -0.2) is 25.9 Å². The van der Waals surface area contributed by atoms with Crippen molar-refractivity contribution in [1.29, 1.82) is 0 Å². The van der Waals surface area contributed by atoms with Crippen LogP contribution in [0.3, 0.4) is 0 Å². The van der Waals surface area contributed by atoms with Gasteiger partial charge in [0.15, 0.2) is 5.65 Å². The number of hydrogen-bond acceptors (Lipinski definition) is 5. The molecular weight excluding hydrogens is 395 g/mol. The fourth-order valence-corrected chi connectivity index (χ4v) is 4.08. The molecule has 2 aromatic carbocycles. The zero-order chi connectivity index (χ0) is 21.5. The molecule has 0 saturated carbocycles. The van der Waals surface area contributed by atoms with Crippen LogP contribution in [0.2, 0.25) is 0 Å². The summed E-state index contributed by atoms with van der Waals surface area (Å²) in [4.78, 5) is 21.9. The summed E-state index contributed by atoms with van der Waals surface area (Å²) in [6.45, 7) is 5.89. The Labute approximate surface area is 178 Å². The summed E-state index contributed by atoms with van der Waals surface area (Å²) < 4.78 is 17.1. The topological polar surface area (TPSA) is 76.8 Å². The lowest BCUT2D eigenvalue weighted by Crippen LogP contribution is -2.23. The van der Waals surface area contributed by atoms with E-state index in [2.05, 4.69) is 32.7 Å². The quantitative estimate of drug-likeness (QED) is 0.531. The van der Waals surface area contributed by atoms with E-state index < -0.39 is 0 Å². The molecule has 2 aromatic heterocycles. The van der Waals surface area contributed by atoms with E-state index in [4.69, 9.17) is 0 Å². The number of benzene rings is 2. The van der Waals surface area contributed by atoms with Crippen molar-refractivity contribution < 1.29 is 4.39 Å². The van der Waals surface area contributed by atoms with Gasteiger partial charge >= 0.3 is 0 Å². The molecule has 0 fully saturated rings. The molecule has 0 radical (unpaired) electrons. The van der Waals surface area contributed by atoms with Crippen LogP contribution < -0.4 is 16.2 Å². The van der Waals surface area contributed by atoms with Gasteiger partial charge in [-0.3, -0.25) is 4.79 Å². The Morgan fingerprint density at radius 3 is 2.87 bits per heavy atom. The normalized spacial score (nSPS) is 13.4. The van der Waals surface area contributed by atoms with E-state index in [9.17, 15) is 9.18 Å². The molecule has 158 valence electrons. The second kappa shape index (κ2) is 7.63. The second-order valence-electron chi connectivity index (χ2n) is 7.73. The summed E-state index contributed by atoms with van der Waals surface area (Å²) in [6.07, 6.45) is 2.53. The number of aromatic nitrogens is 4. The van der Waals surface area contributed by atoms with E-state index in [1.165, 1.54) is 17.2 Å². The van der Waals surface area contributed by atoms with Crippen molar-refractivity contribution in [1.82, 2.24) is 24.6 Å². The minimum atomic E-state index is -0.287. The largest absolute Gasteiger partial charge is 0.324 e. The first-order chi connectivity index (χ1) is 15.0. The molecule has 2 N–H and O–H groups in total. The van der Waals surface area contributed by atoms with E-state index in [-0.39, 0.29) is 11.4 Å². The maximum absolute atomic E-state index is 13.8. The number of anilines is 2. The summed E-state index contributed by atoms with van der Waals surface area (Å²) in [5.41, 5.74) is 5.00. The molecule has 0 bridgehead atoms. The first-order valence-corrected chi connectivity index (χ1v) is 10.4. The molecule has 1 aliphatic heterocycles. The molecule has 0 amide bonds. The highest BCUT2D eigenvalue weighted by atomic mass is 19.1. The van der Waals surface area contributed by atoms with Gasteiger partial charge in [0.05, 0.1) is 5.69 Å². The Bertz CT molecular complexity index is 1360. The Hall–Kier alpha value is -3.52. The Balaban J connectivity index is 1.60. The van der Waals surface area contributed by atoms with Gasteiger partial charge in [-0.2, -0.15) is 4.98 Å². The van der Waals surface area contributed by atoms with Crippen molar-refractivity contribution in [2.75, 3.05) is 11.9 Å². The fourth-order valence-electron chi connectivity index (χ4n) is 4.08. The van der Waals surface area contributed by atoms with Crippen molar-refractivity contribution in [3.05, 3.63) is 75.5 Å². The number of aryl methyl sites for hydroxylation is 1. The van der Waals surface area contributed by atoms with Gasteiger partial charge in [0.1, 0.15) is 11.2 Å². The lowest BCUT2D eigenvalue weighted by molar-refractivity contribution is 0.572. The molecule has 1 aliphatic rings. The molecule has 0 spiro atoms. The third-order valence-electron chi connectivity index (χ3n) is 5.71. The molecule has 31 heavy (non-hydrogen) atoms. The molecule has 8 heteroatoms.